The lowest BCUT2D eigenvalue weighted by molar-refractivity contribution is 0.390. The smallest absolute Gasteiger partial charge is 0.106 e. The number of nitrogens with zero attached hydrogens (tertiary/aromatic N) is 1. The molecule has 0 fully saturated rings. The van der Waals surface area contributed by atoms with Gasteiger partial charge in [0.2, 0.25) is 0 Å². The van der Waals surface area contributed by atoms with E-state index < -0.39 is 0 Å². The van der Waals surface area contributed by atoms with Gasteiger partial charge in [0.25, 0.3) is 0 Å². The molecule has 0 aliphatic rings. The van der Waals surface area contributed by atoms with Gasteiger partial charge in [0, 0.05) is 0 Å². The largest absolute Gasteiger partial charge is 0.302 e. The van der Waals surface area contributed by atoms with Crippen LogP contribution in [0.5, 0.6) is 0 Å². The first kappa shape index (κ1) is 10.4. The predicted molar refractivity (Wildman–Crippen MR) is 47.2 cm³/mol. The molecule has 0 radical (unpaired) electrons. The molecule has 0 aromatic heterocycles. The molecule has 0 spiro atoms. The van der Waals surface area contributed by atoms with Crippen LogP contribution in [0.2, 0.25) is 0 Å². The van der Waals surface area contributed by atoms with E-state index in [0.29, 0.717) is 0 Å². The Hall–Kier alpha value is -0.550. The molecule has 0 bridgehead atoms. The molecule has 0 aromatic rings. The Bertz CT molecular complexity index is 131. The third-order valence-corrected chi connectivity index (χ3v) is 2.25. The fourth-order valence-corrected chi connectivity index (χ4v) is 1.15. The molecule has 0 heterocycles. The Morgan fingerprint density at radius 2 is 2.09 bits per heavy atom. The van der Waals surface area contributed by atoms with E-state index in [1.54, 1.807) is 0 Å². The first-order chi connectivity index (χ1) is 5.24. The van der Waals surface area contributed by atoms with Crippen molar-refractivity contribution in [3.8, 4) is 6.07 Å². The molecule has 1 unspecified atom stereocenters. The lowest BCUT2D eigenvalue weighted by Crippen LogP contribution is -2.40. The average Bonchev–Trinajstić information content (AvgIpc) is 2.08. The molecular formula is C9H18N2. The first-order valence-electron chi connectivity index (χ1n) is 4.34. The molecule has 11 heavy (non-hydrogen) atoms. The molecule has 0 aliphatic carbocycles. The van der Waals surface area contributed by atoms with Gasteiger partial charge in [0.1, 0.15) is 5.54 Å². The first-order valence-corrected chi connectivity index (χ1v) is 4.34. The number of nitriles is 1. The molecule has 1 atom stereocenters. The summed E-state index contributed by atoms with van der Waals surface area (Å²) in [5.74, 6) is 0. The summed E-state index contributed by atoms with van der Waals surface area (Å²) in [6.07, 6.45) is 4.14. The SMILES string of the molecule is CCCCC(C#N)(CC)NC. The Morgan fingerprint density at radius 1 is 1.45 bits per heavy atom. The lowest BCUT2D eigenvalue weighted by atomic mass is 9.92. The fourth-order valence-electron chi connectivity index (χ4n) is 1.15. The van der Waals surface area contributed by atoms with Gasteiger partial charge in [-0.15, -0.1) is 0 Å². The second-order valence-corrected chi connectivity index (χ2v) is 2.90. The Morgan fingerprint density at radius 3 is 2.36 bits per heavy atom. The van der Waals surface area contributed by atoms with Gasteiger partial charge in [-0.05, 0) is 19.9 Å². The summed E-state index contributed by atoms with van der Waals surface area (Å²) in [6, 6.07) is 2.34. The molecule has 0 amide bonds. The Kier molecular flexibility index (Phi) is 4.89. The van der Waals surface area contributed by atoms with Crippen LogP contribution in [0.15, 0.2) is 0 Å². The summed E-state index contributed by atoms with van der Waals surface area (Å²) in [5.41, 5.74) is -0.268. The average molecular weight is 154 g/mol. The Balaban J connectivity index is 3.97. The normalized spacial score (nSPS) is 15.5. The summed E-state index contributed by atoms with van der Waals surface area (Å²) in [4.78, 5) is 0. The van der Waals surface area contributed by atoms with Crippen LogP contribution in [0.1, 0.15) is 39.5 Å². The van der Waals surface area contributed by atoms with Crippen molar-refractivity contribution in [1.82, 2.24) is 5.32 Å². The summed E-state index contributed by atoms with van der Waals surface area (Å²) in [6.45, 7) is 4.20. The van der Waals surface area contributed by atoms with E-state index in [2.05, 4.69) is 25.2 Å². The van der Waals surface area contributed by atoms with Crippen LogP contribution in [0.3, 0.4) is 0 Å². The van der Waals surface area contributed by atoms with E-state index in [-0.39, 0.29) is 5.54 Å². The molecule has 2 heteroatoms. The number of hydrogen-bond donors (Lipinski definition) is 1. The highest BCUT2D eigenvalue weighted by molar-refractivity contribution is 5.05. The van der Waals surface area contributed by atoms with Crippen molar-refractivity contribution in [2.75, 3.05) is 7.05 Å². The monoisotopic (exact) mass is 154 g/mol. The van der Waals surface area contributed by atoms with Gasteiger partial charge >= 0.3 is 0 Å². The minimum Gasteiger partial charge on any atom is -0.302 e. The van der Waals surface area contributed by atoms with Crippen molar-refractivity contribution in [2.45, 2.75) is 45.1 Å². The highest BCUT2D eigenvalue weighted by atomic mass is 14.9. The van der Waals surface area contributed by atoms with Crippen LogP contribution in [0.4, 0.5) is 0 Å². The van der Waals surface area contributed by atoms with Gasteiger partial charge in [-0.3, -0.25) is 0 Å². The molecule has 1 N–H and O–H groups in total. The Labute approximate surface area is 69.6 Å². The molecule has 0 aromatic carbocycles. The standard InChI is InChI=1S/C9H18N2/c1-4-6-7-9(5-2,8-10)11-3/h11H,4-7H2,1-3H3. The number of hydrogen-bond acceptors (Lipinski definition) is 2. The highest BCUT2D eigenvalue weighted by Gasteiger charge is 2.23. The second kappa shape index (κ2) is 5.15. The zero-order valence-corrected chi connectivity index (χ0v) is 7.78. The van der Waals surface area contributed by atoms with Crippen molar-refractivity contribution in [3.05, 3.63) is 0 Å². The molecule has 0 rings (SSSR count). The molecule has 0 saturated carbocycles. The van der Waals surface area contributed by atoms with Crippen molar-refractivity contribution < 1.29 is 0 Å². The van der Waals surface area contributed by atoms with Gasteiger partial charge in [0.05, 0.1) is 6.07 Å². The van der Waals surface area contributed by atoms with E-state index in [9.17, 15) is 0 Å². The molecule has 2 nitrogen and oxygen atoms in total. The van der Waals surface area contributed by atoms with Crippen LogP contribution in [-0.4, -0.2) is 12.6 Å². The van der Waals surface area contributed by atoms with Crippen LogP contribution in [0, 0.1) is 11.3 Å². The number of nitrogens with one attached hydrogen (secondary N) is 1. The summed E-state index contributed by atoms with van der Waals surface area (Å²) in [7, 11) is 1.86. The van der Waals surface area contributed by atoms with Crippen molar-refractivity contribution >= 4 is 0 Å². The summed E-state index contributed by atoms with van der Waals surface area (Å²) >= 11 is 0. The molecule has 64 valence electrons. The minimum absolute atomic E-state index is 0.268. The molecule has 0 aliphatic heterocycles. The molecular weight excluding hydrogens is 136 g/mol. The second-order valence-electron chi connectivity index (χ2n) is 2.90. The minimum atomic E-state index is -0.268. The van der Waals surface area contributed by atoms with Gasteiger partial charge in [-0.1, -0.05) is 26.7 Å². The van der Waals surface area contributed by atoms with E-state index >= 15 is 0 Å². The highest BCUT2D eigenvalue weighted by Crippen LogP contribution is 2.16. The van der Waals surface area contributed by atoms with E-state index in [0.717, 1.165) is 25.7 Å². The fraction of sp³-hybridized carbons (Fsp3) is 0.889. The summed E-state index contributed by atoms with van der Waals surface area (Å²) in [5, 5.41) is 12.0. The molecule has 0 saturated heterocycles. The zero-order valence-electron chi connectivity index (χ0n) is 7.78. The number of unbranched alkanes of at least 4 members (excludes halogenated alkanes) is 1. The van der Waals surface area contributed by atoms with E-state index in [1.807, 2.05) is 7.05 Å². The van der Waals surface area contributed by atoms with Crippen molar-refractivity contribution in [2.24, 2.45) is 0 Å². The topological polar surface area (TPSA) is 35.8 Å². The zero-order chi connectivity index (χ0) is 8.74. The quantitative estimate of drug-likeness (QED) is 0.658. The van der Waals surface area contributed by atoms with Crippen molar-refractivity contribution in [3.63, 3.8) is 0 Å². The van der Waals surface area contributed by atoms with E-state index in [1.165, 1.54) is 0 Å². The van der Waals surface area contributed by atoms with E-state index in [4.69, 9.17) is 5.26 Å². The summed E-state index contributed by atoms with van der Waals surface area (Å²) < 4.78 is 0. The number of rotatable bonds is 5. The van der Waals surface area contributed by atoms with Gasteiger partial charge in [0.15, 0.2) is 0 Å². The van der Waals surface area contributed by atoms with Crippen LogP contribution < -0.4 is 5.32 Å². The lowest BCUT2D eigenvalue weighted by Gasteiger charge is -2.23. The van der Waals surface area contributed by atoms with Crippen molar-refractivity contribution in [1.29, 1.82) is 5.26 Å². The maximum Gasteiger partial charge on any atom is 0.106 e. The van der Waals surface area contributed by atoms with Crippen LogP contribution >= 0.6 is 0 Å². The van der Waals surface area contributed by atoms with Gasteiger partial charge in [-0.2, -0.15) is 5.26 Å². The van der Waals surface area contributed by atoms with Crippen LogP contribution in [-0.2, 0) is 0 Å². The maximum absolute atomic E-state index is 8.89. The predicted octanol–water partition coefficient (Wildman–Crippen LogP) is 2.07. The maximum atomic E-state index is 8.89. The van der Waals surface area contributed by atoms with Crippen LogP contribution in [0.25, 0.3) is 0 Å². The third kappa shape index (κ3) is 2.90. The van der Waals surface area contributed by atoms with Gasteiger partial charge < -0.3 is 5.32 Å². The third-order valence-electron chi connectivity index (χ3n) is 2.25. The van der Waals surface area contributed by atoms with Gasteiger partial charge in [-0.25, -0.2) is 0 Å².